The van der Waals surface area contributed by atoms with E-state index in [-0.39, 0.29) is 18.6 Å². The zero-order valence-electron chi connectivity index (χ0n) is 16.1. The summed E-state index contributed by atoms with van der Waals surface area (Å²) >= 11 is 6.99. The van der Waals surface area contributed by atoms with Crippen molar-refractivity contribution < 1.29 is 18.8 Å². The van der Waals surface area contributed by atoms with E-state index in [9.17, 15) is 14.4 Å². The van der Waals surface area contributed by atoms with Crippen LogP contribution in [0.5, 0.6) is 0 Å². The van der Waals surface area contributed by atoms with Crippen LogP contribution in [0.25, 0.3) is 22.4 Å². The highest BCUT2D eigenvalue weighted by Crippen LogP contribution is 2.25. The lowest BCUT2D eigenvalue weighted by atomic mass is 10.1. The van der Waals surface area contributed by atoms with Crippen LogP contribution in [-0.4, -0.2) is 22.6 Å². The van der Waals surface area contributed by atoms with E-state index in [0.29, 0.717) is 37.1 Å². The van der Waals surface area contributed by atoms with E-state index in [1.807, 2.05) is 6.07 Å². The number of hydrogen-bond acceptors (Lipinski definition) is 6. The molecular weight excluding hydrogens is 438 g/mol. The minimum absolute atomic E-state index is 0.0133. The second-order valence-corrected chi connectivity index (χ2v) is 8.29. The number of para-hydroxylation sites is 1. The summed E-state index contributed by atoms with van der Waals surface area (Å²) < 4.78 is 5.90. The van der Waals surface area contributed by atoms with Crippen molar-refractivity contribution in [2.45, 2.75) is 12.8 Å². The number of nitrogens with zero attached hydrogens (tertiary/aromatic N) is 1. The van der Waals surface area contributed by atoms with Gasteiger partial charge in [0.05, 0.1) is 26.6 Å². The molecule has 0 aliphatic rings. The number of halogens is 1. The molecule has 0 bridgehead atoms. The Kier molecular flexibility index (Phi) is 6.11. The van der Waals surface area contributed by atoms with Gasteiger partial charge in [-0.05, 0) is 36.4 Å². The summed E-state index contributed by atoms with van der Waals surface area (Å²) in [7, 11) is 0. The van der Waals surface area contributed by atoms with Crippen molar-refractivity contribution in [3.8, 4) is 11.5 Å². The molecular formula is C22H16ClN3O4S. The van der Waals surface area contributed by atoms with Crippen molar-refractivity contribution in [2.24, 2.45) is 0 Å². The molecule has 4 rings (SSSR count). The molecule has 0 saturated heterocycles. The van der Waals surface area contributed by atoms with E-state index in [0.717, 1.165) is 0 Å². The van der Waals surface area contributed by atoms with Gasteiger partial charge in [0.1, 0.15) is 5.69 Å². The second kappa shape index (κ2) is 9.11. The standard InChI is InChI=1S/C22H16ClN3O4S/c23-20-9-8-19(31-20)17(27)7-10-21(28)25-26-22(29)14-12-16(18-6-3-11-30-18)24-15-5-2-1-4-13(14)15/h1-6,8-9,11-12H,7,10H2,(H,25,28)(H,26,29). The minimum atomic E-state index is -0.504. The molecule has 0 spiro atoms. The number of amides is 2. The van der Waals surface area contributed by atoms with E-state index in [4.69, 9.17) is 16.0 Å². The van der Waals surface area contributed by atoms with Crippen molar-refractivity contribution in [3.05, 3.63) is 75.6 Å². The monoisotopic (exact) mass is 453 g/mol. The normalized spacial score (nSPS) is 10.7. The van der Waals surface area contributed by atoms with Gasteiger partial charge in [0.2, 0.25) is 5.91 Å². The minimum Gasteiger partial charge on any atom is -0.463 e. The number of pyridine rings is 1. The molecule has 0 fully saturated rings. The third-order valence-corrected chi connectivity index (χ3v) is 5.75. The summed E-state index contributed by atoms with van der Waals surface area (Å²) in [6.07, 6.45) is 1.47. The van der Waals surface area contributed by atoms with Crippen LogP contribution in [0.2, 0.25) is 4.34 Å². The van der Waals surface area contributed by atoms with Crippen LogP contribution in [0, 0.1) is 0 Å². The maximum absolute atomic E-state index is 12.8. The van der Waals surface area contributed by atoms with Crippen molar-refractivity contribution in [2.75, 3.05) is 0 Å². The maximum atomic E-state index is 12.8. The molecule has 3 aromatic heterocycles. The first-order chi connectivity index (χ1) is 15.0. The number of furan rings is 1. The van der Waals surface area contributed by atoms with E-state index in [1.54, 1.807) is 48.5 Å². The molecule has 2 amide bonds. The van der Waals surface area contributed by atoms with Gasteiger partial charge >= 0.3 is 0 Å². The predicted molar refractivity (Wildman–Crippen MR) is 118 cm³/mol. The Morgan fingerprint density at radius 2 is 1.84 bits per heavy atom. The number of ketones is 1. The Morgan fingerprint density at radius 3 is 2.58 bits per heavy atom. The molecule has 0 unspecified atom stereocenters. The third-order valence-electron chi connectivity index (χ3n) is 4.48. The van der Waals surface area contributed by atoms with Gasteiger partial charge in [0.15, 0.2) is 11.5 Å². The van der Waals surface area contributed by atoms with E-state index >= 15 is 0 Å². The Labute approximate surface area is 186 Å². The van der Waals surface area contributed by atoms with E-state index in [1.165, 1.54) is 17.6 Å². The number of hydrogen-bond donors (Lipinski definition) is 2. The average Bonchev–Trinajstić information content (AvgIpc) is 3.47. The van der Waals surface area contributed by atoms with Crippen LogP contribution in [0.4, 0.5) is 0 Å². The lowest BCUT2D eigenvalue weighted by Gasteiger charge is -2.10. The van der Waals surface area contributed by atoms with Crippen molar-refractivity contribution >= 4 is 51.4 Å². The molecule has 1 aromatic carbocycles. The van der Waals surface area contributed by atoms with Gasteiger partial charge in [-0.2, -0.15) is 0 Å². The molecule has 0 atom stereocenters. The predicted octanol–water partition coefficient (Wildman–Crippen LogP) is 4.63. The molecule has 2 N–H and O–H groups in total. The largest absolute Gasteiger partial charge is 0.463 e. The summed E-state index contributed by atoms with van der Waals surface area (Å²) in [5.41, 5.74) is 6.21. The maximum Gasteiger partial charge on any atom is 0.270 e. The summed E-state index contributed by atoms with van der Waals surface area (Å²) in [6.45, 7) is 0. The number of aromatic nitrogens is 1. The Hall–Kier alpha value is -3.49. The van der Waals surface area contributed by atoms with Gasteiger partial charge < -0.3 is 4.42 Å². The third kappa shape index (κ3) is 4.82. The highest BCUT2D eigenvalue weighted by atomic mass is 35.5. The van der Waals surface area contributed by atoms with Gasteiger partial charge in [0, 0.05) is 18.2 Å². The summed E-state index contributed by atoms with van der Waals surface area (Å²) in [6, 6.07) is 15.5. The number of carbonyl (C=O) groups excluding carboxylic acids is 3. The fraction of sp³-hybridized carbons (Fsp3) is 0.0909. The summed E-state index contributed by atoms with van der Waals surface area (Å²) in [5, 5.41) is 0.634. The molecule has 31 heavy (non-hydrogen) atoms. The number of nitrogens with one attached hydrogen (secondary N) is 2. The number of rotatable bonds is 6. The Morgan fingerprint density at radius 1 is 1.00 bits per heavy atom. The lowest BCUT2D eigenvalue weighted by molar-refractivity contribution is -0.121. The molecule has 9 heteroatoms. The fourth-order valence-electron chi connectivity index (χ4n) is 2.98. The van der Waals surface area contributed by atoms with Crippen LogP contribution in [0.15, 0.2) is 65.3 Å². The van der Waals surface area contributed by atoms with Crippen molar-refractivity contribution in [1.82, 2.24) is 15.8 Å². The second-order valence-electron chi connectivity index (χ2n) is 6.58. The number of carbonyl (C=O) groups is 3. The van der Waals surface area contributed by atoms with E-state index < -0.39 is 11.8 Å². The first-order valence-electron chi connectivity index (χ1n) is 9.32. The van der Waals surface area contributed by atoms with Crippen LogP contribution >= 0.6 is 22.9 Å². The molecule has 4 aromatic rings. The van der Waals surface area contributed by atoms with Crippen molar-refractivity contribution in [3.63, 3.8) is 0 Å². The highest BCUT2D eigenvalue weighted by molar-refractivity contribution is 7.18. The smallest absolute Gasteiger partial charge is 0.270 e. The molecule has 156 valence electrons. The highest BCUT2D eigenvalue weighted by Gasteiger charge is 2.16. The zero-order chi connectivity index (χ0) is 21.8. The molecule has 0 saturated carbocycles. The lowest BCUT2D eigenvalue weighted by Crippen LogP contribution is -2.41. The van der Waals surface area contributed by atoms with Crippen molar-refractivity contribution in [1.29, 1.82) is 0 Å². The van der Waals surface area contributed by atoms with Crippen LogP contribution in [-0.2, 0) is 4.79 Å². The number of Topliss-reactive ketones (excluding diaryl/α,β-unsaturated/α-hetero) is 1. The van der Waals surface area contributed by atoms with Gasteiger partial charge in [-0.15, -0.1) is 11.3 Å². The fourth-order valence-corrected chi connectivity index (χ4v) is 4.00. The average molecular weight is 454 g/mol. The molecule has 7 nitrogen and oxygen atoms in total. The molecule has 0 radical (unpaired) electrons. The van der Waals surface area contributed by atoms with E-state index in [2.05, 4.69) is 15.8 Å². The molecule has 3 heterocycles. The Bertz CT molecular complexity index is 1270. The van der Waals surface area contributed by atoms with Gasteiger partial charge in [-0.25, -0.2) is 4.98 Å². The Balaban J connectivity index is 1.43. The van der Waals surface area contributed by atoms with Gasteiger partial charge in [-0.3, -0.25) is 25.2 Å². The first kappa shape index (κ1) is 20.8. The number of benzene rings is 1. The summed E-state index contributed by atoms with van der Waals surface area (Å²) in [5.74, 6) is -0.636. The van der Waals surface area contributed by atoms with Gasteiger partial charge in [-0.1, -0.05) is 29.8 Å². The number of fused-ring (bicyclic) bond motifs is 1. The topological polar surface area (TPSA) is 101 Å². The summed E-state index contributed by atoms with van der Waals surface area (Å²) in [4.78, 5) is 42.0. The van der Waals surface area contributed by atoms with Crippen LogP contribution < -0.4 is 10.9 Å². The van der Waals surface area contributed by atoms with Gasteiger partial charge in [0.25, 0.3) is 5.91 Å². The zero-order valence-corrected chi connectivity index (χ0v) is 17.6. The molecule has 0 aliphatic carbocycles. The SMILES string of the molecule is O=C(CCC(=O)c1ccc(Cl)s1)NNC(=O)c1cc(-c2ccco2)nc2ccccc12. The number of hydrazine groups is 1. The number of thiophene rings is 1. The van der Waals surface area contributed by atoms with Crippen LogP contribution in [0.3, 0.4) is 0 Å². The quantitative estimate of drug-likeness (QED) is 0.327. The first-order valence-corrected chi connectivity index (χ1v) is 10.5. The van der Waals surface area contributed by atoms with Crippen LogP contribution in [0.1, 0.15) is 32.9 Å². The molecule has 0 aliphatic heterocycles.